The molecule has 2 aromatic carbocycles. The molecule has 0 saturated carbocycles. The van der Waals surface area contributed by atoms with Crippen molar-refractivity contribution in [2.75, 3.05) is 11.4 Å². The maximum atomic E-state index is 12.9. The molecule has 0 radical (unpaired) electrons. The van der Waals surface area contributed by atoms with Crippen molar-refractivity contribution in [3.05, 3.63) is 89.0 Å². The number of carbonyl (C=O) groups excluding carboxylic acids is 1. The van der Waals surface area contributed by atoms with Crippen molar-refractivity contribution in [3.8, 4) is 0 Å². The summed E-state index contributed by atoms with van der Waals surface area (Å²) < 4.78 is 0. The van der Waals surface area contributed by atoms with Gasteiger partial charge in [0, 0.05) is 29.3 Å². The molecule has 2 nitrogen and oxygen atoms in total. The van der Waals surface area contributed by atoms with Gasteiger partial charge in [0.1, 0.15) is 0 Å². The molecule has 0 saturated heterocycles. The molecule has 24 heavy (non-hydrogen) atoms. The summed E-state index contributed by atoms with van der Waals surface area (Å²) in [5.74, 6) is 0.451. The number of benzene rings is 2. The fraction of sp³-hybridized carbons (Fsp3) is 0.227. The minimum absolute atomic E-state index is 0.109. The van der Waals surface area contributed by atoms with E-state index in [2.05, 4.69) is 48.3 Å². The summed E-state index contributed by atoms with van der Waals surface area (Å²) >= 11 is 0. The van der Waals surface area contributed by atoms with Crippen LogP contribution in [0, 0.1) is 6.92 Å². The minimum Gasteiger partial charge on any atom is -0.364 e. The summed E-state index contributed by atoms with van der Waals surface area (Å²) in [6.07, 6.45) is 8.74. The molecule has 0 N–H and O–H groups in total. The second kappa shape index (κ2) is 5.79. The Bertz CT molecular complexity index is 862. The molecule has 0 amide bonds. The molecule has 2 heteroatoms. The van der Waals surface area contributed by atoms with Gasteiger partial charge >= 0.3 is 0 Å². The fourth-order valence-electron chi connectivity index (χ4n) is 3.93. The van der Waals surface area contributed by atoms with E-state index in [0.29, 0.717) is 12.0 Å². The van der Waals surface area contributed by atoms with Crippen LogP contribution < -0.4 is 4.90 Å². The standard InChI is InChI=1S/C22H21NO/c1-3-23-20-11-7-6-10-18(20)19-14-16(12-13-21(19)23)22(24)17-9-5-4-8-15(17)2/h4-14,18,20H,3H2,1-2H3. The summed E-state index contributed by atoms with van der Waals surface area (Å²) in [4.78, 5) is 15.4. The van der Waals surface area contributed by atoms with Crippen molar-refractivity contribution in [3.63, 3.8) is 0 Å². The minimum atomic E-state index is 0.109. The van der Waals surface area contributed by atoms with Crippen LogP contribution >= 0.6 is 0 Å². The third kappa shape index (κ3) is 2.22. The molecule has 4 rings (SSSR count). The zero-order chi connectivity index (χ0) is 16.7. The fourth-order valence-corrected chi connectivity index (χ4v) is 3.93. The molecule has 0 fully saturated rings. The number of allylic oxidation sites excluding steroid dienone is 2. The average molecular weight is 315 g/mol. The van der Waals surface area contributed by atoms with Gasteiger partial charge in [0.2, 0.25) is 0 Å². The normalized spacial score (nSPS) is 20.8. The number of hydrogen-bond donors (Lipinski definition) is 0. The summed E-state index contributed by atoms with van der Waals surface area (Å²) in [5.41, 5.74) is 5.12. The second-order valence-corrected chi connectivity index (χ2v) is 6.49. The lowest BCUT2D eigenvalue weighted by Crippen LogP contribution is -2.32. The molecule has 2 aliphatic rings. The van der Waals surface area contributed by atoms with Gasteiger partial charge in [-0.2, -0.15) is 0 Å². The van der Waals surface area contributed by atoms with Crippen molar-refractivity contribution in [2.45, 2.75) is 25.8 Å². The number of likely N-dealkylation sites (N-methyl/N-ethyl adjacent to an activating group) is 1. The van der Waals surface area contributed by atoms with Gasteiger partial charge in [-0.3, -0.25) is 4.79 Å². The molecule has 1 aliphatic carbocycles. The van der Waals surface area contributed by atoms with Gasteiger partial charge in [0.05, 0.1) is 6.04 Å². The van der Waals surface area contributed by atoms with Crippen LogP contribution in [-0.2, 0) is 0 Å². The first-order valence-electron chi connectivity index (χ1n) is 8.56. The van der Waals surface area contributed by atoms with E-state index in [0.717, 1.165) is 23.2 Å². The number of nitrogens with zero attached hydrogens (tertiary/aromatic N) is 1. The van der Waals surface area contributed by atoms with Gasteiger partial charge < -0.3 is 4.90 Å². The Morgan fingerprint density at radius 2 is 1.88 bits per heavy atom. The largest absolute Gasteiger partial charge is 0.364 e. The lowest BCUT2D eigenvalue weighted by molar-refractivity contribution is 0.103. The maximum Gasteiger partial charge on any atom is 0.193 e. The van der Waals surface area contributed by atoms with E-state index in [1.165, 1.54) is 11.3 Å². The Morgan fingerprint density at radius 1 is 1.08 bits per heavy atom. The van der Waals surface area contributed by atoms with E-state index in [9.17, 15) is 4.79 Å². The molecule has 2 atom stereocenters. The Balaban J connectivity index is 1.77. The Morgan fingerprint density at radius 3 is 2.67 bits per heavy atom. The molecule has 120 valence electrons. The number of fused-ring (bicyclic) bond motifs is 3. The van der Waals surface area contributed by atoms with Crippen molar-refractivity contribution in [2.24, 2.45) is 0 Å². The van der Waals surface area contributed by atoms with E-state index in [1.54, 1.807) is 0 Å². The van der Waals surface area contributed by atoms with Crippen LogP contribution in [0.4, 0.5) is 5.69 Å². The van der Waals surface area contributed by atoms with Crippen molar-refractivity contribution in [1.29, 1.82) is 0 Å². The van der Waals surface area contributed by atoms with Crippen LogP contribution in [0.15, 0.2) is 66.8 Å². The van der Waals surface area contributed by atoms with Crippen LogP contribution in [0.3, 0.4) is 0 Å². The molecule has 2 unspecified atom stereocenters. The summed E-state index contributed by atoms with van der Waals surface area (Å²) in [5, 5.41) is 0. The number of hydrogen-bond acceptors (Lipinski definition) is 2. The highest BCUT2D eigenvalue weighted by atomic mass is 16.1. The van der Waals surface area contributed by atoms with Crippen molar-refractivity contribution < 1.29 is 4.79 Å². The van der Waals surface area contributed by atoms with Crippen LogP contribution in [0.5, 0.6) is 0 Å². The lowest BCUT2D eigenvalue weighted by Gasteiger charge is -2.27. The van der Waals surface area contributed by atoms with Gasteiger partial charge in [-0.05, 0) is 43.2 Å². The highest BCUT2D eigenvalue weighted by Crippen LogP contribution is 2.44. The number of anilines is 1. The zero-order valence-corrected chi connectivity index (χ0v) is 14.1. The average Bonchev–Trinajstić information content (AvgIpc) is 2.94. The molecule has 2 aromatic rings. The van der Waals surface area contributed by atoms with E-state index < -0.39 is 0 Å². The van der Waals surface area contributed by atoms with Crippen LogP contribution in [0.2, 0.25) is 0 Å². The van der Waals surface area contributed by atoms with Crippen LogP contribution in [-0.4, -0.2) is 18.4 Å². The Kier molecular flexibility index (Phi) is 3.61. The van der Waals surface area contributed by atoms with E-state index in [1.807, 2.05) is 37.3 Å². The number of aryl methyl sites for hydroxylation is 1. The second-order valence-electron chi connectivity index (χ2n) is 6.49. The predicted molar refractivity (Wildman–Crippen MR) is 98.9 cm³/mol. The first-order valence-corrected chi connectivity index (χ1v) is 8.56. The Hall–Kier alpha value is -2.61. The van der Waals surface area contributed by atoms with E-state index in [-0.39, 0.29) is 5.78 Å². The molecule has 1 heterocycles. The topological polar surface area (TPSA) is 20.3 Å². The quantitative estimate of drug-likeness (QED) is 0.769. The van der Waals surface area contributed by atoms with E-state index >= 15 is 0 Å². The smallest absolute Gasteiger partial charge is 0.193 e. The van der Waals surface area contributed by atoms with Crippen LogP contribution in [0.1, 0.15) is 39.9 Å². The molecule has 0 bridgehead atoms. The summed E-state index contributed by atoms with van der Waals surface area (Å²) in [6.45, 7) is 5.15. The molecule has 1 aliphatic heterocycles. The van der Waals surface area contributed by atoms with Gasteiger partial charge in [-0.25, -0.2) is 0 Å². The number of ketones is 1. The van der Waals surface area contributed by atoms with Gasteiger partial charge in [0.15, 0.2) is 5.78 Å². The van der Waals surface area contributed by atoms with E-state index in [4.69, 9.17) is 0 Å². The Labute approximate surface area is 143 Å². The highest BCUT2D eigenvalue weighted by Gasteiger charge is 2.35. The van der Waals surface area contributed by atoms with Gasteiger partial charge in [-0.1, -0.05) is 48.6 Å². The monoisotopic (exact) mass is 315 g/mol. The maximum absolute atomic E-state index is 12.9. The van der Waals surface area contributed by atoms with Gasteiger partial charge in [0.25, 0.3) is 0 Å². The molecule has 0 spiro atoms. The van der Waals surface area contributed by atoms with Gasteiger partial charge in [-0.15, -0.1) is 0 Å². The molecular formula is C22H21NO. The summed E-state index contributed by atoms with van der Waals surface area (Å²) in [7, 11) is 0. The van der Waals surface area contributed by atoms with Crippen molar-refractivity contribution >= 4 is 11.5 Å². The molecular weight excluding hydrogens is 294 g/mol. The van der Waals surface area contributed by atoms with Crippen molar-refractivity contribution in [1.82, 2.24) is 0 Å². The first kappa shape index (κ1) is 14.9. The highest BCUT2D eigenvalue weighted by molar-refractivity contribution is 6.10. The predicted octanol–water partition coefficient (Wildman–Crippen LogP) is 4.64. The lowest BCUT2D eigenvalue weighted by atomic mass is 9.89. The van der Waals surface area contributed by atoms with Crippen LogP contribution in [0.25, 0.3) is 0 Å². The third-order valence-electron chi connectivity index (χ3n) is 5.15. The zero-order valence-electron chi connectivity index (χ0n) is 14.1. The SMILES string of the molecule is CCN1c2ccc(C(=O)c3ccccc3C)cc2C2C=CC=CC21. The summed E-state index contributed by atoms with van der Waals surface area (Å²) in [6, 6.07) is 14.4. The number of rotatable bonds is 3. The molecule has 0 aromatic heterocycles. The third-order valence-corrected chi connectivity index (χ3v) is 5.15. The number of carbonyl (C=O) groups is 1. The first-order chi connectivity index (χ1) is 11.7.